The van der Waals surface area contributed by atoms with Crippen molar-refractivity contribution in [3.05, 3.63) is 23.9 Å². The van der Waals surface area contributed by atoms with Gasteiger partial charge in [-0.05, 0) is 18.2 Å². The van der Waals surface area contributed by atoms with Gasteiger partial charge in [-0.1, -0.05) is 0 Å². The van der Waals surface area contributed by atoms with Crippen molar-refractivity contribution in [2.24, 2.45) is 4.99 Å². The van der Waals surface area contributed by atoms with E-state index in [0.29, 0.717) is 22.9 Å². The van der Waals surface area contributed by atoms with Crippen LogP contribution in [0.25, 0.3) is 10.9 Å². The van der Waals surface area contributed by atoms with E-state index in [-0.39, 0.29) is 17.2 Å². The van der Waals surface area contributed by atoms with Crippen molar-refractivity contribution in [1.29, 1.82) is 0 Å². The Hall–Kier alpha value is -2.63. The van der Waals surface area contributed by atoms with Crippen molar-refractivity contribution in [1.82, 2.24) is 4.98 Å². The summed E-state index contributed by atoms with van der Waals surface area (Å²) < 4.78 is 5.06. The molecule has 1 amide bonds. The van der Waals surface area contributed by atoms with Crippen LogP contribution in [-0.2, 0) is 9.59 Å². The second kappa shape index (κ2) is 4.93. The van der Waals surface area contributed by atoms with Gasteiger partial charge in [-0.15, -0.1) is 0 Å². The zero-order valence-corrected chi connectivity index (χ0v) is 10.4. The predicted molar refractivity (Wildman–Crippen MR) is 69.8 cm³/mol. The smallest absolute Gasteiger partial charge is 0.243 e. The number of benzene rings is 1. The molecule has 1 aromatic heterocycles. The van der Waals surface area contributed by atoms with Gasteiger partial charge in [-0.2, -0.15) is 0 Å². The molecular formula is C13H12N2O4. The van der Waals surface area contributed by atoms with Gasteiger partial charge in [0.15, 0.2) is 12.0 Å². The maximum atomic E-state index is 11.0. The SMILES string of the molecule is COc1ccc2[nH]c(C(C=O)=NC(C)=O)c(O)c2c1. The minimum absolute atomic E-state index is 0.119. The third-order valence-corrected chi connectivity index (χ3v) is 2.62. The van der Waals surface area contributed by atoms with Gasteiger partial charge in [0.1, 0.15) is 17.2 Å². The van der Waals surface area contributed by atoms with Crippen molar-refractivity contribution in [3.63, 3.8) is 0 Å². The summed E-state index contributed by atoms with van der Waals surface area (Å²) in [7, 11) is 1.51. The summed E-state index contributed by atoms with van der Waals surface area (Å²) in [6.45, 7) is 1.23. The first kappa shape index (κ1) is 12.8. The molecule has 0 aliphatic rings. The highest BCUT2D eigenvalue weighted by Crippen LogP contribution is 2.31. The van der Waals surface area contributed by atoms with Gasteiger partial charge in [0, 0.05) is 17.8 Å². The maximum absolute atomic E-state index is 11.0. The fourth-order valence-electron chi connectivity index (χ4n) is 1.78. The monoisotopic (exact) mass is 260 g/mol. The number of hydrogen-bond acceptors (Lipinski definition) is 4. The Labute approximate surface area is 108 Å². The van der Waals surface area contributed by atoms with Crippen LogP contribution < -0.4 is 4.74 Å². The third kappa shape index (κ3) is 2.33. The van der Waals surface area contributed by atoms with Gasteiger partial charge in [0.25, 0.3) is 0 Å². The summed E-state index contributed by atoms with van der Waals surface area (Å²) >= 11 is 0. The Morgan fingerprint density at radius 1 is 1.47 bits per heavy atom. The molecule has 98 valence electrons. The highest BCUT2D eigenvalue weighted by molar-refractivity contribution is 6.39. The standard InChI is InChI=1S/C13H12N2O4/c1-7(17)14-11(6-16)12-13(18)9-5-8(19-2)3-4-10(9)15-12/h3-6,15,18H,1-2H3. The number of carbonyl (C=O) groups excluding carboxylic acids is 2. The van der Waals surface area contributed by atoms with Crippen LogP contribution >= 0.6 is 0 Å². The molecule has 6 heteroatoms. The van der Waals surface area contributed by atoms with Crippen LogP contribution in [-0.4, -0.2) is 35.1 Å². The van der Waals surface area contributed by atoms with Gasteiger partial charge < -0.3 is 14.8 Å². The van der Waals surface area contributed by atoms with E-state index in [4.69, 9.17) is 4.74 Å². The van der Waals surface area contributed by atoms with E-state index >= 15 is 0 Å². The number of aromatic amines is 1. The lowest BCUT2D eigenvalue weighted by atomic mass is 10.2. The van der Waals surface area contributed by atoms with E-state index in [1.807, 2.05) is 0 Å². The molecule has 1 aromatic carbocycles. The maximum Gasteiger partial charge on any atom is 0.243 e. The number of aldehydes is 1. The van der Waals surface area contributed by atoms with Crippen molar-refractivity contribution < 1.29 is 19.4 Å². The van der Waals surface area contributed by atoms with E-state index in [2.05, 4.69) is 9.98 Å². The third-order valence-electron chi connectivity index (χ3n) is 2.62. The molecule has 0 radical (unpaired) electrons. The van der Waals surface area contributed by atoms with Crippen molar-refractivity contribution in [2.45, 2.75) is 6.92 Å². The Morgan fingerprint density at radius 2 is 2.21 bits per heavy atom. The van der Waals surface area contributed by atoms with Crippen molar-refractivity contribution in [3.8, 4) is 11.5 Å². The van der Waals surface area contributed by atoms with Crippen molar-refractivity contribution >= 4 is 28.8 Å². The minimum Gasteiger partial charge on any atom is -0.505 e. The molecule has 0 unspecified atom stereocenters. The lowest BCUT2D eigenvalue weighted by Crippen LogP contribution is -2.05. The highest BCUT2D eigenvalue weighted by atomic mass is 16.5. The summed E-state index contributed by atoms with van der Waals surface area (Å²) in [5.74, 6) is -0.0803. The number of aromatic hydroxyl groups is 1. The molecule has 0 saturated heterocycles. The Morgan fingerprint density at radius 3 is 2.79 bits per heavy atom. The van der Waals surface area contributed by atoms with Crippen LogP contribution in [0.5, 0.6) is 11.5 Å². The Balaban J connectivity index is 2.65. The van der Waals surface area contributed by atoms with E-state index in [1.165, 1.54) is 14.0 Å². The molecule has 0 spiro atoms. The average Bonchev–Trinajstić information content (AvgIpc) is 2.72. The molecule has 2 aromatic rings. The number of carbonyl (C=O) groups is 2. The van der Waals surface area contributed by atoms with E-state index in [0.717, 1.165) is 0 Å². The quantitative estimate of drug-likeness (QED) is 0.644. The molecule has 1 heterocycles. The first-order chi connectivity index (χ1) is 9.06. The first-order valence-electron chi connectivity index (χ1n) is 5.50. The fourth-order valence-corrected chi connectivity index (χ4v) is 1.78. The number of hydrogen-bond donors (Lipinski definition) is 2. The molecule has 0 aliphatic carbocycles. The Bertz CT molecular complexity index is 685. The van der Waals surface area contributed by atoms with Gasteiger partial charge in [0.05, 0.1) is 7.11 Å². The number of methoxy groups -OCH3 is 1. The van der Waals surface area contributed by atoms with Crippen molar-refractivity contribution in [2.75, 3.05) is 7.11 Å². The van der Waals surface area contributed by atoms with Crippen LogP contribution in [0.3, 0.4) is 0 Å². The molecular weight excluding hydrogens is 248 g/mol. The van der Waals surface area contributed by atoms with E-state index < -0.39 is 5.91 Å². The van der Waals surface area contributed by atoms with Crippen LogP contribution in [0.1, 0.15) is 12.6 Å². The molecule has 2 rings (SSSR count). The zero-order valence-electron chi connectivity index (χ0n) is 10.4. The molecule has 0 atom stereocenters. The van der Waals surface area contributed by atoms with Gasteiger partial charge in [-0.3, -0.25) is 9.59 Å². The topological polar surface area (TPSA) is 91.8 Å². The number of amides is 1. The first-order valence-corrected chi connectivity index (χ1v) is 5.50. The van der Waals surface area contributed by atoms with Gasteiger partial charge in [0.2, 0.25) is 5.91 Å². The molecule has 0 bridgehead atoms. The van der Waals surface area contributed by atoms with E-state index in [1.54, 1.807) is 18.2 Å². The van der Waals surface area contributed by atoms with Crippen LogP contribution in [0, 0.1) is 0 Å². The number of H-pyrrole nitrogens is 1. The number of nitrogens with one attached hydrogen (secondary N) is 1. The number of ether oxygens (including phenoxy) is 1. The normalized spacial score (nSPS) is 11.6. The lowest BCUT2D eigenvalue weighted by molar-refractivity contribution is -0.116. The average molecular weight is 260 g/mol. The summed E-state index contributed by atoms with van der Waals surface area (Å²) in [4.78, 5) is 28.3. The molecule has 0 aliphatic heterocycles. The number of aromatic nitrogens is 1. The lowest BCUT2D eigenvalue weighted by Gasteiger charge is -1.98. The summed E-state index contributed by atoms with van der Waals surface area (Å²) in [6, 6.07) is 5.04. The second-order valence-corrected chi connectivity index (χ2v) is 3.89. The number of rotatable bonds is 3. The molecule has 0 saturated carbocycles. The second-order valence-electron chi connectivity index (χ2n) is 3.89. The van der Waals surface area contributed by atoms with E-state index in [9.17, 15) is 14.7 Å². The van der Waals surface area contributed by atoms with Gasteiger partial charge >= 0.3 is 0 Å². The number of fused-ring (bicyclic) bond motifs is 1. The molecule has 6 nitrogen and oxygen atoms in total. The van der Waals surface area contributed by atoms with Gasteiger partial charge in [-0.25, -0.2) is 4.99 Å². The number of nitrogens with zero attached hydrogens (tertiary/aromatic N) is 1. The van der Waals surface area contributed by atoms with Crippen LogP contribution in [0.15, 0.2) is 23.2 Å². The zero-order chi connectivity index (χ0) is 14.0. The summed E-state index contributed by atoms with van der Waals surface area (Å²) in [5.41, 5.74) is 0.597. The Kier molecular flexibility index (Phi) is 3.33. The largest absolute Gasteiger partial charge is 0.505 e. The molecule has 2 N–H and O–H groups in total. The predicted octanol–water partition coefficient (Wildman–Crippen LogP) is 1.42. The minimum atomic E-state index is -0.516. The summed E-state index contributed by atoms with van der Waals surface area (Å²) in [6.07, 6.45) is 0.420. The fraction of sp³-hybridized carbons (Fsp3) is 0.154. The van der Waals surface area contributed by atoms with Crippen LogP contribution in [0.4, 0.5) is 0 Å². The molecule has 19 heavy (non-hydrogen) atoms. The van der Waals surface area contributed by atoms with Crippen LogP contribution in [0.2, 0.25) is 0 Å². The summed E-state index contributed by atoms with van der Waals surface area (Å²) in [5, 5.41) is 10.6. The molecule has 0 fully saturated rings. The highest BCUT2D eigenvalue weighted by Gasteiger charge is 2.16. The number of aliphatic imine (C=N–C) groups is 1.